The molecule has 0 amide bonds. The molecule has 0 spiro atoms. The number of halogens is 1. The summed E-state index contributed by atoms with van der Waals surface area (Å²) in [5.41, 5.74) is 1.29. The zero-order valence-electron chi connectivity index (χ0n) is 10.7. The van der Waals surface area contributed by atoms with Gasteiger partial charge in [-0.2, -0.15) is 0 Å². The van der Waals surface area contributed by atoms with Gasteiger partial charge in [0.25, 0.3) is 0 Å². The van der Waals surface area contributed by atoms with E-state index in [0.29, 0.717) is 12.1 Å². The zero-order valence-corrected chi connectivity index (χ0v) is 11.5. The van der Waals surface area contributed by atoms with Gasteiger partial charge in [0.2, 0.25) is 0 Å². The van der Waals surface area contributed by atoms with Crippen molar-refractivity contribution in [1.29, 1.82) is 0 Å². The molecule has 1 nitrogen and oxygen atoms in total. The third kappa shape index (κ3) is 3.72. The Morgan fingerprint density at radius 2 is 2.18 bits per heavy atom. The summed E-state index contributed by atoms with van der Waals surface area (Å²) in [6.45, 7) is 4.59. The number of rotatable bonds is 3. The molecular weight excluding hydrogens is 230 g/mol. The first-order valence-electron chi connectivity index (χ1n) is 6.66. The van der Waals surface area contributed by atoms with Crippen molar-refractivity contribution < 1.29 is 0 Å². The van der Waals surface area contributed by atoms with Crippen molar-refractivity contribution in [2.24, 2.45) is 5.92 Å². The van der Waals surface area contributed by atoms with Crippen LogP contribution in [-0.2, 0) is 0 Å². The number of hydrogen-bond acceptors (Lipinski definition) is 1. The average molecular weight is 252 g/mol. The fourth-order valence-corrected chi connectivity index (χ4v) is 3.01. The molecule has 1 aromatic rings. The quantitative estimate of drug-likeness (QED) is 0.830. The maximum absolute atomic E-state index is 6.03. The lowest BCUT2D eigenvalue weighted by atomic mass is 9.86. The van der Waals surface area contributed by atoms with E-state index in [9.17, 15) is 0 Å². The van der Waals surface area contributed by atoms with Crippen LogP contribution >= 0.6 is 11.6 Å². The molecule has 1 N–H and O–H groups in total. The Hall–Kier alpha value is -0.530. The second kappa shape index (κ2) is 5.88. The van der Waals surface area contributed by atoms with E-state index in [1.807, 2.05) is 12.1 Å². The summed E-state index contributed by atoms with van der Waals surface area (Å²) in [5.74, 6) is 0.868. The van der Waals surface area contributed by atoms with Crippen LogP contribution in [0.1, 0.15) is 51.1 Å². The van der Waals surface area contributed by atoms with E-state index < -0.39 is 0 Å². The lowest BCUT2D eigenvalue weighted by Gasteiger charge is -2.30. The van der Waals surface area contributed by atoms with Crippen LogP contribution in [-0.4, -0.2) is 6.04 Å². The summed E-state index contributed by atoms with van der Waals surface area (Å²) < 4.78 is 0. The van der Waals surface area contributed by atoms with Gasteiger partial charge < -0.3 is 5.32 Å². The molecule has 1 aliphatic carbocycles. The first-order valence-corrected chi connectivity index (χ1v) is 7.04. The Bertz CT molecular complexity index is 364. The fourth-order valence-electron chi connectivity index (χ4n) is 2.81. The molecule has 3 unspecified atom stereocenters. The predicted octanol–water partition coefficient (Wildman–Crippen LogP) is 4.57. The van der Waals surface area contributed by atoms with E-state index >= 15 is 0 Å². The monoisotopic (exact) mass is 251 g/mol. The normalized spacial score (nSPS) is 26.8. The molecule has 2 rings (SSSR count). The molecule has 0 heterocycles. The van der Waals surface area contributed by atoms with Gasteiger partial charge >= 0.3 is 0 Å². The van der Waals surface area contributed by atoms with Crippen LogP contribution in [0.5, 0.6) is 0 Å². The molecule has 0 aromatic heterocycles. The topological polar surface area (TPSA) is 12.0 Å². The van der Waals surface area contributed by atoms with Crippen LogP contribution < -0.4 is 5.32 Å². The van der Waals surface area contributed by atoms with Crippen LogP contribution in [0.3, 0.4) is 0 Å². The van der Waals surface area contributed by atoms with Crippen LogP contribution in [0.25, 0.3) is 0 Å². The summed E-state index contributed by atoms with van der Waals surface area (Å²) in [6, 6.07) is 9.23. The average Bonchev–Trinajstić information content (AvgIpc) is 2.29. The Balaban J connectivity index is 1.94. The Morgan fingerprint density at radius 3 is 2.88 bits per heavy atom. The Morgan fingerprint density at radius 1 is 1.35 bits per heavy atom. The van der Waals surface area contributed by atoms with E-state index in [1.165, 1.54) is 31.2 Å². The second-order valence-electron chi connectivity index (χ2n) is 5.41. The largest absolute Gasteiger partial charge is 0.307 e. The summed E-state index contributed by atoms with van der Waals surface area (Å²) in [6.07, 6.45) is 5.38. The van der Waals surface area contributed by atoms with Crippen molar-refractivity contribution in [3.05, 3.63) is 34.9 Å². The minimum atomic E-state index is 0.393. The molecule has 94 valence electrons. The Labute approximate surface area is 110 Å². The van der Waals surface area contributed by atoms with E-state index in [1.54, 1.807) is 0 Å². The van der Waals surface area contributed by atoms with Gasteiger partial charge in [0.05, 0.1) is 0 Å². The molecule has 1 fully saturated rings. The van der Waals surface area contributed by atoms with Gasteiger partial charge in [0.15, 0.2) is 0 Å². The van der Waals surface area contributed by atoms with Crippen molar-refractivity contribution in [1.82, 2.24) is 5.32 Å². The molecule has 1 saturated carbocycles. The number of nitrogens with one attached hydrogen (secondary N) is 1. The molecule has 0 radical (unpaired) electrons. The van der Waals surface area contributed by atoms with E-state index in [0.717, 1.165) is 10.9 Å². The lowest BCUT2D eigenvalue weighted by molar-refractivity contribution is 0.285. The first kappa shape index (κ1) is 12.9. The zero-order chi connectivity index (χ0) is 12.3. The molecule has 3 atom stereocenters. The third-order valence-electron chi connectivity index (χ3n) is 3.77. The van der Waals surface area contributed by atoms with Crippen LogP contribution in [0.15, 0.2) is 24.3 Å². The highest BCUT2D eigenvalue weighted by Gasteiger charge is 2.20. The maximum Gasteiger partial charge on any atom is 0.0409 e. The Kier molecular flexibility index (Phi) is 4.47. The minimum absolute atomic E-state index is 0.393. The standard InChI is InChI=1S/C15H22ClN/c1-11-5-3-8-15(9-11)17-12(2)13-6-4-7-14(16)10-13/h4,6-7,10-12,15,17H,3,5,8-9H2,1-2H3. The summed E-state index contributed by atoms with van der Waals surface area (Å²) in [4.78, 5) is 0. The predicted molar refractivity (Wildman–Crippen MR) is 74.4 cm³/mol. The molecule has 0 aliphatic heterocycles. The highest BCUT2D eigenvalue weighted by molar-refractivity contribution is 6.30. The van der Waals surface area contributed by atoms with Gasteiger partial charge in [-0.15, -0.1) is 0 Å². The summed E-state index contributed by atoms with van der Waals surface area (Å²) in [5, 5.41) is 4.56. The highest BCUT2D eigenvalue weighted by atomic mass is 35.5. The minimum Gasteiger partial charge on any atom is -0.307 e. The van der Waals surface area contributed by atoms with Crippen molar-refractivity contribution >= 4 is 11.6 Å². The van der Waals surface area contributed by atoms with Crippen LogP contribution in [0, 0.1) is 5.92 Å². The fraction of sp³-hybridized carbons (Fsp3) is 0.600. The second-order valence-corrected chi connectivity index (χ2v) is 5.85. The first-order chi connectivity index (χ1) is 8.15. The van der Waals surface area contributed by atoms with Gasteiger partial charge in [-0.25, -0.2) is 0 Å². The van der Waals surface area contributed by atoms with Crippen molar-refractivity contribution in [2.45, 2.75) is 51.6 Å². The summed E-state index contributed by atoms with van der Waals surface area (Å²) >= 11 is 6.03. The van der Waals surface area contributed by atoms with Gasteiger partial charge in [0.1, 0.15) is 0 Å². The van der Waals surface area contributed by atoms with Crippen LogP contribution in [0.2, 0.25) is 5.02 Å². The number of benzene rings is 1. The van der Waals surface area contributed by atoms with E-state index in [-0.39, 0.29) is 0 Å². The molecule has 0 saturated heterocycles. The lowest BCUT2D eigenvalue weighted by Crippen LogP contribution is -2.35. The van der Waals surface area contributed by atoms with Crippen LogP contribution in [0.4, 0.5) is 0 Å². The SMILES string of the molecule is CC1CCCC(NC(C)c2cccc(Cl)c2)C1. The van der Waals surface area contributed by atoms with E-state index in [2.05, 4.69) is 31.3 Å². The van der Waals surface area contributed by atoms with Gasteiger partial charge in [-0.3, -0.25) is 0 Å². The molecule has 0 bridgehead atoms. The maximum atomic E-state index is 6.03. The number of hydrogen-bond donors (Lipinski definition) is 1. The summed E-state index contributed by atoms with van der Waals surface area (Å²) in [7, 11) is 0. The third-order valence-corrected chi connectivity index (χ3v) is 4.01. The smallest absolute Gasteiger partial charge is 0.0409 e. The highest BCUT2D eigenvalue weighted by Crippen LogP contribution is 2.26. The molecular formula is C15H22ClN. The molecule has 1 aliphatic rings. The van der Waals surface area contributed by atoms with Crippen molar-refractivity contribution in [3.8, 4) is 0 Å². The van der Waals surface area contributed by atoms with Crippen molar-refractivity contribution in [2.75, 3.05) is 0 Å². The molecule has 2 heteroatoms. The molecule has 1 aromatic carbocycles. The molecule has 17 heavy (non-hydrogen) atoms. The van der Waals surface area contributed by atoms with E-state index in [4.69, 9.17) is 11.6 Å². The van der Waals surface area contributed by atoms with Gasteiger partial charge in [-0.05, 0) is 43.4 Å². The van der Waals surface area contributed by atoms with Gasteiger partial charge in [0, 0.05) is 17.1 Å². The van der Waals surface area contributed by atoms with Crippen molar-refractivity contribution in [3.63, 3.8) is 0 Å². The van der Waals surface area contributed by atoms with Gasteiger partial charge in [-0.1, -0.05) is 43.5 Å².